The van der Waals surface area contributed by atoms with Gasteiger partial charge in [-0.3, -0.25) is 0 Å². The fraction of sp³-hybridized carbons (Fsp3) is 0.0833. The quantitative estimate of drug-likeness (QED) is 0.844. The van der Waals surface area contributed by atoms with E-state index in [1.54, 1.807) is 25.2 Å². The third-order valence-electron chi connectivity index (χ3n) is 2.28. The number of halogens is 3. The highest BCUT2D eigenvalue weighted by Gasteiger charge is 2.08. The minimum Gasteiger partial charge on any atom is -0.373 e. The predicted molar refractivity (Wildman–Crippen MR) is 71.1 cm³/mol. The fourth-order valence-electron chi connectivity index (χ4n) is 1.40. The highest BCUT2D eigenvalue weighted by Crippen LogP contribution is 2.26. The lowest BCUT2D eigenvalue weighted by Gasteiger charge is -2.09. The van der Waals surface area contributed by atoms with Gasteiger partial charge < -0.3 is 10.6 Å². The number of anilines is 3. The van der Waals surface area contributed by atoms with E-state index in [-0.39, 0.29) is 10.2 Å². The van der Waals surface area contributed by atoms with Crippen molar-refractivity contribution in [3.05, 3.63) is 46.4 Å². The minimum atomic E-state index is -0.674. The molecule has 1 aromatic carbocycles. The van der Waals surface area contributed by atoms with E-state index in [0.29, 0.717) is 11.6 Å². The standard InChI is InChI=1S/C12H10BrF2N3/c1-16-11-3-2-4-12(18-11)17-10-5-7(13)8(14)6-9(10)15/h2-6H,1H3,(H2,16,17,18). The summed E-state index contributed by atoms with van der Waals surface area (Å²) >= 11 is 3.01. The number of rotatable bonds is 3. The molecule has 2 rings (SSSR count). The van der Waals surface area contributed by atoms with Gasteiger partial charge in [0, 0.05) is 13.1 Å². The monoisotopic (exact) mass is 313 g/mol. The summed E-state index contributed by atoms with van der Waals surface area (Å²) in [5.74, 6) is -0.191. The first-order valence-corrected chi connectivity index (χ1v) is 5.96. The van der Waals surface area contributed by atoms with Crippen LogP contribution in [0.5, 0.6) is 0 Å². The molecule has 94 valence electrons. The van der Waals surface area contributed by atoms with Crippen LogP contribution in [-0.2, 0) is 0 Å². The van der Waals surface area contributed by atoms with Crippen LogP contribution in [0.2, 0.25) is 0 Å². The smallest absolute Gasteiger partial charge is 0.149 e. The van der Waals surface area contributed by atoms with Crippen LogP contribution in [0.15, 0.2) is 34.8 Å². The van der Waals surface area contributed by atoms with Gasteiger partial charge in [-0.1, -0.05) is 6.07 Å². The molecular weight excluding hydrogens is 304 g/mol. The van der Waals surface area contributed by atoms with Gasteiger partial charge in [0.05, 0.1) is 10.2 Å². The molecule has 1 heterocycles. The Kier molecular flexibility index (Phi) is 3.76. The Hall–Kier alpha value is -1.69. The van der Waals surface area contributed by atoms with Crippen molar-refractivity contribution in [1.29, 1.82) is 0 Å². The zero-order valence-electron chi connectivity index (χ0n) is 9.47. The van der Waals surface area contributed by atoms with Gasteiger partial charge in [0.25, 0.3) is 0 Å². The summed E-state index contributed by atoms with van der Waals surface area (Å²) < 4.78 is 26.8. The van der Waals surface area contributed by atoms with Gasteiger partial charge in [-0.25, -0.2) is 13.8 Å². The Bertz CT molecular complexity index is 575. The first-order chi connectivity index (χ1) is 8.60. The molecule has 0 saturated heterocycles. The largest absolute Gasteiger partial charge is 0.373 e. The van der Waals surface area contributed by atoms with Crippen LogP contribution >= 0.6 is 15.9 Å². The Morgan fingerprint density at radius 3 is 2.56 bits per heavy atom. The van der Waals surface area contributed by atoms with E-state index in [4.69, 9.17) is 0 Å². The van der Waals surface area contributed by atoms with Crippen LogP contribution in [0.4, 0.5) is 26.1 Å². The van der Waals surface area contributed by atoms with Crippen molar-refractivity contribution < 1.29 is 8.78 Å². The van der Waals surface area contributed by atoms with Crippen LogP contribution in [-0.4, -0.2) is 12.0 Å². The van der Waals surface area contributed by atoms with Crippen molar-refractivity contribution in [2.24, 2.45) is 0 Å². The van der Waals surface area contributed by atoms with E-state index in [9.17, 15) is 8.78 Å². The van der Waals surface area contributed by atoms with Crippen LogP contribution in [0, 0.1) is 11.6 Å². The van der Waals surface area contributed by atoms with Crippen LogP contribution in [0.1, 0.15) is 0 Å². The first-order valence-electron chi connectivity index (χ1n) is 5.16. The van der Waals surface area contributed by atoms with Crippen LogP contribution in [0.25, 0.3) is 0 Å². The third-order valence-corrected chi connectivity index (χ3v) is 2.89. The highest BCUT2D eigenvalue weighted by molar-refractivity contribution is 9.10. The molecule has 0 atom stereocenters. The zero-order chi connectivity index (χ0) is 13.1. The third kappa shape index (κ3) is 2.76. The van der Waals surface area contributed by atoms with E-state index in [0.717, 1.165) is 6.07 Å². The van der Waals surface area contributed by atoms with E-state index in [1.807, 2.05) is 0 Å². The van der Waals surface area contributed by atoms with Crippen molar-refractivity contribution in [3.63, 3.8) is 0 Å². The molecule has 0 bridgehead atoms. The second-order valence-electron chi connectivity index (χ2n) is 3.53. The van der Waals surface area contributed by atoms with E-state index in [1.165, 1.54) is 6.07 Å². The summed E-state index contributed by atoms with van der Waals surface area (Å²) in [7, 11) is 1.74. The molecular formula is C12H10BrF2N3. The van der Waals surface area contributed by atoms with Crippen molar-refractivity contribution in [1.82, 2.24) is 4.98 Å². The van der Waals surface area contributed by atoms with Gasteiger partial charge in [0.2, 0.25) is 0 Å². The topological polar surface area (TPSA) is 37.0 Å². The molecule has 0 saturated carbocycles. The van der Waals surface area contributed by atoms with Crippen molar-refractivity contribution >= 4 is 33.3 Å². The van der Waals surface area contributed by atoms with Crippen molar-refractivity contribution in [2.45, 2.75) is 0 Å². The Morgan fingerprint density at radius 2 is 1.83 bits per heavy atom. The second-order valence-corrected chi connectivity index (χ2v) is 4.38. The molecule has 0 unspecified atom stereocenters. The molecule has 0 radical (unpaired) electrons. The Morgan fingerprint density at radius 1 is 1.11 bits per heavy atom. The predicted octanol–water partition coefficient (Wildman–Crippen LogP) is 3.91. The number of benzene rings is 1. The summed E-state index contributed by atoms with van der Waals surface area (Å²) in [5.41, 5.74) is 0.157. The highest BCUT2D eigenvalue weighted by atomic mass is 79.9. The minimum absolute atomic E-state index is 0.157. The lowest BCUT2D eigenvalue weighted by Crippen LogP contribution is -1.99. The van der Waals surface area contributed by atoms with Gasteiger partial charge in [0.15, 0.2) is 0 Å². The zero-order valence-corrected chi connectivity index (χ0v) is 11.1. The van der Waals surface area contributed by atoms with Gasteiger partial charge >= 0.3 is 0 Å². The fourth-order valence-corrected chi connectivity index (χ4v) is 1.74. The Balaban J connectivity index is 2.30. The maximum atomic E-state index is 13.5. The van der Waals surface area contributed by atoms with Gasteiger partial charge in [-0.2, -0.15) is 0 Å². The number of hydrogen-bond acceptors (Lipinski definition) is 3. The molecule has 2 N–H and O–H groups in total. The number of pyridine rings is 1. The SMILES string of the molecule is CNc1cccc(Nc2cc(Br)c(F)cc2F)n1. The second kappa shape index (κ2) is 5.30. The van der Waals surface area contributed by atoms with Crippen LogP contribution < -0.4 is 10.6 Å². The normalized spacial score (nSPS) is 10.2. The summed E-state index contributed by atoms with van der Waals surface area (Å²) in [6.07, 6.45) is 0. The van der Waals surface area contributed by atoms with Crippen molar-refractivity contribution in [3.8, 4) is 0 Å². The average molecular weight is 314 g/mol. The molecule has 3 nitrogen and oxygen atoms in total. The lowest BCUT2D eigenvalue weighted by atomic mass is 10.3. The number of aromatic nitrogens is 1. The number of hydrogen-bond donors (Lipinski definition) is 2. The van der Waals surface area contributed by atoms with E-state index < -0.39 is 11.6 Å². The summed E-state index contributed by atoms with van der Waals surface area (Å²) in [6, 6.07) is 7.39. The summed E-state index contributed by atoms with van der Waals surface area (Å²) in [5, 5.41) is 5.67. The molecule has 0 amide bonds. The molecule has 6 heteroatoms. The summed E-state index contributed by atoms with van der Waals surface area (Å²) in [4.78, 5) is 4.18. The van der Waals surface area contributed by atoms with E-state index in [2.05, 4.69) is 31.5 Å². The molecule has 1 aromatic heterocycles. The molecule has 2 aromatic rings. The first kappa shape index (κ1) is 12.8. The molecule has 0 fully saturated rings. The molecule has 0 aliphatic heterocycles. The molecule has 0 aliphatic rings. The lowest BCUT2D eigenvalue weighted by molar-refractivity contribution is 0.581. The van der Waals surface area contributed by atoms with Gasteiger partial charge in [-0.15, -0.1) is 0 Å². The van der Waals surface area contributed by atoms with Crippen LogP contribution in [0.3, 0.4) is 0 Å². The molecule has 0 spiro atoms. The van der Waals surface area contributed by atoms with E-state index >= 15 is 0 Å². The molecule has 18 heavy (non-hydrogen) atoms. The van der Waals surface area contributed by atoms with Crippen molar-refractivity contribution in [2.75, 3.05) is 17.7 Å². The average Bonchev–Trinajstić information content (AvgIpc) is 2.36. The molecule has 0 aliphatic carbocycles. The van der Waals surface area contributed by atoms with Gasteiger partial charge in [-0.05, 0) is 34.1 Å². The summed E-state index contributed by atoms with van der Waals surface area (Å²) in [6.45, 7) is 0. The number of nitrogens with zero attached hydrogens (tertiary/aromatic N) is 1. The number of nitrogens with one attached hydrogen (secondary N) is 2. The maximum Gasteiger partial charge on any atom is 0.149 e. The Labute approximate surface area is 111 Å². The van der Waals surface area contributed by atoms with Gasteiger partial charge in [0.1, 0.15) is 23.3 Å². The maximum absolute atomic E-state index is 13.5.